The Kier molecular flexibility index (Phi) is 2.69. The summed E-state index contributed by atoms with van der Waals surface area (Å²) in [5, 5.41) is 14.1. The van der Waals surface area contributed by atoms with Gasteiger partial charge in [0, 0.05) is 19.2 Å². The molecular weight excluding hydrogens is 170 g/mol. The molecule has 0 aromatic carbocycles. The second kappa shape index (κ2) is 3.75. The van der Waals surface area contributed by atoms with Crippen LogP contribution in [0.25, 0.3) is 0 Å². The quantitative estimate of drug-likeness (QED) is 0.384. The SMILES string of the molecule is CNC(=O)C1=CC=C(N)CC1=NO. The highest BCUT2D eigenvalue weighted by Gasteiger charge is 2.18. The summed E-state index contributed by atoms with van der Waals surface area (Å²) < 4.78 is 0. The summed E-state index contributed by atoms with van der Waals surface area (Å²) in [6.45, 7) is 0. The van der Waals surface area contributed by atoms with Gasteiger partial charge < -0.3 is 16.3 Å². The number of amides is 1. The van der Waals surface area contributed by atoms with Gasteiger partial charge in [-0.1, -0.05) is 5.16 Å². The summed E-state index contributed by atoms with van der Waals surface area (Å²) >= 11 is 0. The topological polar surface area (TPSA) is 87.7 Å². The van der Waals surface area contributed by atoms with Gasteiger partial charge in [0.2, 0.25) is 0 Å². The Labute approximate surface area is 75.6 Å². The van der Waals surface area contributed by atoms with Gasteiger partial charge in [-0.2, -0.15) is 0 Å². The van der Waals surface area contributed by atoms with Crippen molar-refractivity contribution in [1.29, 1.82) is 0 Å². The molecule has 0 unspecified atom stereocenters. The summed E-state index contributed by atoms with van der Waals surface area (Å²) in [4.78, 5) is 11.2. The molecule has 0 aromatic rings. The van der Waals surface area contributed by atoms with Crippen LogP contribution < -0.4 is 11.1 Å². The minimum absolute atomic E-state index is 0.281. The first kappa shape index (κ1) is 9.31. The van der Waals surface area contributed by atoms with Gasteiger partial charge in [0.05, 0.1) is 11.3 Å². The molecule has 0 saturated carbocycles. The van der Waals surface area contributed by atoms with E-state index in [1.807, 2.05) is 0 Å². The summed E-state index contributed by atoms with van der Waals surface area (Å²) in [6, 6.07) is 0. The third kappa shape index (κ3) is 1.87. The van der Waals surface area contributed by atoms with Crippen LogP contribution in [0.1, 0.15) is 6.42 Å². The number of nitrogens with two attached hydrogens (primary N) is 1. The van der Waals surface area contributed by atoms with E-state index in [1.165, 1.54) is 13.1 Å². The molecule has 0 aliphatic heterocycles. The highest BCUT2D eigenvalue weighted by atomic mass is 16.4. The molecule has 1 aliphatic rings. The van der Waals surface area contributed by atoms with Crippen molar-refractivity contribution in [3.63, 3.8) is 0 Å². The lowest BCUT2D eigenvalue weighted by atomic mass is 10.00. The summed E-state index contributed by atoms with van der Waals surface area (Å²) in [7, 11) is 1.51. The van der Waals surface area contributed by atoms with Gasteiger partial charge in [-0.05, 0) is 12.2 Å². The Balaban J connectivity index is 2.99. The number of likely N-dealkylation sites (N-methyl/N-ethyl adjacent to an activating group) is 1. The highest BCUT2D eigenvalue weighted by Crippen LogP contribution is 2.12. The van der Waals surface area contributed by atoms with E-state index in [9.17, 15) is 4.79 Å². The first-order valence-electron chi connectivity index (χ1n) is 3.78. The molecular formula is C8H11N3O2. The maximum Gasteiger partial charge on any atom is 0.253 e. The number of hydrogen-bond donors (Lipinski definition) is 3. The molecule has 0 saturated heterocycles. The van der Waals surface area contributed by atoms with Crippen molar-refractivity contribution in [2.45, 2.75) is 6.42 Å². The maximum absolute atomic E-state index is 11.2. The van der Waals surface area contributed by atoms with Gasteiger partial charge in [0.25, 0.3) is 5.91 Å². The minimum Gasteiger partial charge on any atom is -0.411 e. The number of oxime groups is 1. The first-order valence-corrected chi connectivity index (χ1v) is 3.78. The van der Waals surface area contributed by atoms with Crippen LogP contribution in [-0.4, -0.2) is 23.9 Å². The molecule has 1 amide bonds. The van der Waals surface area contributed by atoms with E-state index < -0.39 is 0 Å². The molecule has 5 nitrogen and oxygen atoms in total. The molecule has 1 aliphatic carbocycles. The molecule has 0 aromatic heterocycles. The Morgan fingerprint density at radius 3 is 2.92 bits per heavy atom. The fraction of sp³-hybridized carbons (Fsp3) is 0.250. The van der Waals surface area contributed by atoms with Gasteiger partial charge in [-0.15, -0.1) is 0 Å². The Bertz CT molecular complexity index is 315. The van der Waals surface area contributed by atoms with Crippen LogP contribution in [0.5, 0.6) is 0 Å². The van der Waals surface area contributed by atoms with Crippen molar-refractivity contribution < 1.29 is 10.0 Å². The van der Waals surface area contributed by atoms with E-state index >= 15 is 0 Å². The number of allylic oxidation sites excluding steroid dienone is 3. The van der Waals surface area contributed by atoms with Gasteiger partial charge >= 0.3 is 0 Å². The Morgan fingerprint density at radius 1 is 1.69 bits per heavy atom. The number of rotatable bonds is 1. The van der Waals surface area contributed by atoms with Crippen LogP contribution in [0.15, 0.2) is 28.6 Å². The number of hydrogen-bond acceptors (Lipinski definition) is 4. The molecule has 1 rings (SSSR count). The van der Waals surface area contributed by atoms with Gasteiger partial charge in [-0.3, -0.25) is 4.79 Å². The Hall–Kier alpha value is -1.78. The van der Waals surface area contributed by atoms with Gasteiger partial charge in [0.15, 0.2) is 0 Å². The zero-order valence-corrected chi connectivity index (χ0v) is 7.24. The molecule has 4 N–H and O–H groups in total. The zero-order valence-electron chi connectivity index (χ0n) is 7.24. The molecule has 0 radical (unpaired) electrons. The predicted molar refractivity (Wildman–Crippen MR) is 48.3 cm³/mol. The van der Waals surface area contributed by atoms with Gasteiger partial charge in [-0.25, -0.2) is 0 Å². The maximum atomic E-state index is 11.2. The van der Waals surface area contributed by atoms with Crippen molar-refractivity contribution in [1.82, 2.24) is 5.32 Å². The smallest absolute Gasteiger partial charge is 0.253 e. The lowest BCUT2D eigenvalue weighted by molar-refractivity contribution is -0.116. The normalized spacial score (nSPS) is 19.3. The fourth-order valence-electron chi connectivity index (χ4n) is 1.06. The lowest BCUT2D eigenvalue weighted by Crippen LogP contribution is -2.27. The van der Waals surface area contributed by atoms with Crippen LogP contribution in [0, 0.1) is 0 Å². The number of nitrogens with one attached hydrogen (secondary N) is 1. The van der Waals surface area contributed by atoms with Crippen LogP contribution in [0.2, 0.25) is 0 Å². The standard InChI is InChI=1S/C8H11N3O2/c1-10-8(12)6-3-2-5(9)4-7(6)11-13/h2-3,13H,4,9H2,1H3,(H,10,12). The van der Waals surface area contributed by atoms with Crippen molar-refractivity contribution in [2.24, 2.45) is 10.9 Å². The summed E-state index contributed by atoms with van der Waals surface area (Å²) in [5.74, 6) is -0.281. The molecule has 0 fully saturated rings. The molecule has 70 valence electrons. The van der Waals surface area contributed by atoms with Crippen molar-refractivity contribution in [3.05, 3.63) is 23.4 Å². The largest absolute Gasteiger partial charge is 0.411 e. The molecule has 5 heteroatoms. The third-order valence-corrected chi connectivity index (χ3v) is 1.74. The number of nitrogens with zero attached hydrogens (tertiary/aromatic N) is 1. The number of carbonyl (C=O) groups excluding carboxylic acids is 1. The van der Waals surface area contributed by atoms with Crippen LogP contribution in [0.4, 0.5) is 0 Å². The van der Waals surface area contributed by atoms with E-state index in [0.29, 0.717) is 23.4 Å². The molecule has 0 spiro atoms. The number of carbonyl (C=O) groups is 1. The predicted octanol–water partition coefficient (Wildman–Crippen LogP) is -0.265. The van der Waals surface area contributed by atoms with Crippen LogP contribution in [0.3, 0.4) is 0 Å². The first-order chi connectivity index (χ1) is 6.19. The van der Waals surface area contributed by atoms with E-state index in [4.69, 9.17) is 10.9 Å². The third-order valence-electron chi connectivity index (χ3n) is 1.74. The minimum atomic E-state index is -0.281. The second-order valence-corrected chi connectivity index (χ2v) is 2.62. The second-order valence-electron chi connectivity index (χ2n) is 2.62. The van der Waals surface area contributed by atoms with Crippen molar-refractivity contribution in [2.75, 3.05) is 7.05 Å². The lowest BCUT2D eigenvalue weighted by Gasteiger charge is -2.11. The highest BCUT2D eigenvalue weighted by molar-refractivity contribution is 6.22. The molecule has 0 heterocycles. The average Bonchev–Trinajstić information content (AvgIpc) is 2.16. The molecule has 13 heavy (non-hydrogen) atoms. The fourth-order valence-corrected chi connectivity index (χ4v) is 1.06. The summed E-state index contributed by atoms with van der Waals surface area (Å²) in [5.41, 5.74) is 6.70. The van der Waals surface area contributed by atoms with Crippen molar-refractivity contribution in [3.8, 4) is 0 Å². The van der Waals surface area contributed by atoms with Crippen LogP contribution in [-0.2, 0) is 4.79 Å². The summed E-state index contributed by atoms with van der Waals surface area (Å²) in [6.07, 6.45) is 3.46. The molecule has 0 bridgehead atoms. The Morgan fingerprint density at radius 2 is 2.38 bits per heavy atom. The van der Waals surface area contributed by atoms with Crippen LogP contribution >= 0.6 is 0 Å². The van der Waals surface area contributed by atoms with E-state index in [2.05, 4.69) is 10.5 Å². The van der Waals surface area contributed by atoms with Gasteiger partial charge in [0.1, 0.15) is 0 Å². The molecule has 0 atom stereocenters. The monoisotopic (exact) mass is 181 g/mol. The van der Waals surface area contributed by atoms with E-state index in [0.717, 1.165) is 0 Å². The van der Waals surface area contributed by atoms with E-state index in [-0.39, 0.29) is 5.91 Å². The van der Waals surface area contributed by atoms with Crippen molar-refractivity contribution >= 4 is 11.6 Å². The zero-order chi connectivity index (χ0) is 9.84. The average molecular weight is 181 g/mol. The van der Waals surface area contributed by atoms with E-state index in [1.54, 1.807) is 6.08 Å².